The summed E-state index contributed by atoms with van der Waals surface area (Å²) < 4.78 is 29.3. The minimum atomic E-state index is -3.68. The highest BCUT2D eigenvalue weighted by atomic mass is 32.2. The first-order chi connectivity index (χ1) is 14.2. The van der Waals surface area contributed by atoms with Crippen molar-refractivity contribution in [3.8, 4) is 0 Å². The predicted octanol–water partition coefficient (Wildman–Crippen LogP) is 0.771. The first-order valence-electron chi connectivity index (χ1n) is 9.57. The van der Waals surface area contributed by atoms with Crippen molar-refractivity contribution in [2.24, 2.45) is 0 Å². The molecule has 11 heteroatoms. The summed E-state index contributed by atoms with van der Waals surface area (Å²) >= 11 is 0. The van der Waals surface area contributed by atoms with E-state index in [1.54, 1.807) is 23.9 Å². The number of aromatic nitrogens is 2. The molecule has 30 heavy (non-hydrogen) atoms. The summed E-state index contributed by atoms with van der Waals surface area (Å²) in [6.07, 6.45) is 4.74. The Kier molecular flexibility index (Phi) is 6.54. The molecule has 3 N–H and O–H groups in total. The molecule has 0 bridgehead atoms. The highest BCUT2D eigenvalue weighted by Crippen LogP contribution is 2.26. The van der Waals surface area contributed by atoms with E-state index in [-0.39, 0.29) is 16.6 Å². The summed E-state index contributed by atoms with van der Waals surface area (Å²) in [6, 6.07) is 4.52. The molecule has 1 heterocycles. The smallest absolute Gasteiger partial charge is 0.314 e. The molecule has 162 valence electrons. The van der Waals surface area contributed by atoms with Gasteiger partial charge in [-0.1, -0.05) is 6.07 Å². The van der Waals surface area contributed by atoms with Crippen LogP contribution in [-0.2, 0) is 26.2 Å². The third-order valence-corrected chi connectivity index (χ3v) is 6.26. The van der Waals surface area contributed by atoms with Crippen LogP contribution in [0.3, 0.4) is 0 Å². The van der Waals surface area contributed by atoms with Gasteiger partial charge >= 0.3 is 11.8 Å². The lowest BCUT2D eigenvalue weighted by Crippen LogP contribution is -2.30. The Hall–Kier alpha value is -2.76. The molecule has 2 aromatic rings. The number of carbonyl (C=O) groups excluding carboxylic acids is 2. The van der Waals surface area contributed by atoms with Gasteiger partial charge in [-0.2, -0.15) is 5.10 Å². The van der Waals surface area contributed by atoms with Crippen molar-refractivity contribution in [3.63, 3.8) is 0 Å². The SMILES string of the molecule is Cc1c(NC(=O)C(=O)Nc2cnn(CCN(C)C)c2)cccc1S(=O)(=O)NC1CC1. The van der Waals surface area contributed by atoms with Gasteiger partial charge in [-0.05, 0) is 51.6 Å². The van der Waals surface area contributed by atoms with Crippen molar-refractivity contribution in [3.05, 3.63) is 36.2 Å². The van der Waals surface area contributed by atoms with Crippen LogP contribution in [0.4, 0.5) is 11.4 Å². The number of benzene rings is 1. The third-order valence-electron chi connectivity index (χ3n) is 4.59. The van der Waals surface area contributed by atoms with Crippen LogP contribution in [0, 0.1) is 6.92 Å². The van der Waals surface area contributed by atoms with Crippen LogP contribution >= 0.6 is 0 Å². The van der Waals surface area contributed by atoms with E-state index in [2.05, 4.69) is 20.5 Å². The van der Waals surface area contributed by atoms with Gasteiger partial charge in [0.1, 0.15) is 0 Å². The number of amides is 2. The van der Waals surface area contributed by atoms with Gasteiger partial charge in [0.15, 0.2) is 0 Å². The molecule has 1 aromatic carbocycles. The van der Waals surface area contributed by atoms with Gasteiger partial charge in [-0.15, -0.1) is 0 Å². The van der Waals surface area contributed by atoms with Crippen LogP contribution in [0.5, 0.6) is 0 Å². The number of rotatable bonds is 8. The molecule has 2 amide bonds. The number of hydrogen-bond donors (Lipinski definition) is 3. The highest BCUT2D eigenvalue weighted by molar-refractivity contribution is 7.89. The second kappa shape index (κ2) is 8.94. The van der Waals surface area contributed by atoms with Gasteiger partial charge in [-0.3, -0.25) is 14.3 Å². The fourth-order valence-corrected chi connectivity index (χ4v) is 4.32. The summed E-state index contributed by atoms with van der Waals surface area (Å²) in [5.74, 6) is -1.77. The number of hydrogen-bond acceptors (Lipinski definition) is 6. The number of nitrogens with zero attached hydrogens (tertiary/aromatic N) is 3. The maximum absolute atomic E-state index is 12.5. The van der Waals surface area contributed by atoms with Crippen LogP contribution in [0.15, 0.2) is 35.5 Å². The Morgan fingerprint density at radius 2 is 1.90 bits per heavy atom. The zero-order chi connectivity index (χ0) is 21.9. The predicted molar refractivity (Wildman–Crippen MR) is 113 cm³/mol. The first-order valence-corrected chi connectivity index (χ1v) is 11.1. The molecular formula is C19H26N6O4S. The normalized spacial score (nSPS) is 14.0. The molecule has 1 aromatic heterocycles. The molecule has 0 radical (unpaired) electrons. The molecule has 0 aliphatic heterocycles. The molecule has 1 aliphatic rings. The fraction of sp³-hybridized carbons (Fsp3) is 0.421. The summed E-state index contributed by atoms with van der Waals surface area (Å²) in [5.41, 5.74) is 1.02. The molecule has 0 spiro atoms. The van der Waals surface area contributed by atoms with Gasteiger partial charge in [0, 0.05) is 24.5 Å². The average molecular weight is 435 g/mol. The Balaban J connectivity index is 1.64. The minimum absolute atomic E-state index is 0.0305. The first kappa shape index (κ1) is 21.9. The lowest BCUT2D eigenvalue weighted by atomic mass is 10.2. The summed E-state index contributed by atoms with van der Waals surface area (Å²) in [7, 11) is 0.210. The summed E-state index contributed by atoms with van der Waals surface area (Å²) in [6.45, 7) is 3.01. The van der Waals surface area contributed by atoms with E-state index < -0.39 is 21.8 Å². The Morgan fingerprint density at radius 3 is 2.57 bits per heavy atom. The maximum Gasteiger partial charge on any atom is 0.314 e. The Labute approximate surface area is 175 Å². The van der Waals surface area contributed by atoms with E-state index >= 15 is 0 Å². The van der Waals surface area contributed by atoms with Crippen molar-refractivity contribution < 1.29 is 18.0 Å². The Bertz CT molecular complexity index is 1040. The zero-order valence-corrected chi connectivity index (χ0v) is 18.0. The molecule has 1 aliphatic carbocycles. The molecule has 0 saturated heterocycles. The molecule has 0 atom stereocenters. The van der Waals surface area contributed by atoms with Crippen LogP contribution in [0.1, 0.15) is 18.4 Å². The molecule has 1 fully saturated rings. The average Bonchev–Trinajstić information content (AvgIpc) is 3.36. The van der Waals surface area contributed by atoms with Crippen LogP contribution in [0.25, 0.3) is 0 Å². The monoisotopic (exact) mass is 434 g/mol. The maximum atomic E-state index is 12.5. The highest BCUT2D eigenvalue weighted by Gasteiger charge is 2.29. The summed E-state index contributed by atoms with van der Waals surface area (Å²) in [5, 5.41) is 9.11. The third kappa shape index (κ3) is 5.65. The van der Waals surface area contributed by atoms with Crippen LogP contribution in [0.2, 0.25) is 0 Å². The van der Waals surface area contributed by atoms with E-state index in [0.29, 0.717) is 17.8 Å². The Morgan fingerprint density at radius 1 is 1.20 bits per heavy atom. The lowest BCUT2D eigenvalue weighted by Gasteiger charge is -2.13. The molecule has 1 saturated carbocycles. The van der Waals surface area contributed by atoms with E-state index in [9.17, 15) is 18.0 Å². The van der Waals surface area contributed by atoms with Crippen molar-refractivity contribution in [2.75, 3.05) is 31.3 Å². The molecule has 0 unspecified atom stereocenters. The van der Waals surface area contributed by atoms with Crippen molar-refractivity contribution in [1.82, 2.24) is 19.4 Å². The van der Waals surface area contributed by atoms with E-state index in [4.69, 9.17) is 0 Å². The van der Waals surface area contributed by atoms with Crippen molar-refractivity contribution in [1.29, 1.82) is 0 Å². The van der Waals surface area contributed by atoms with E-state index in [1.807, 2.05) is 19.0 Å². The largest absolute Gasteiger partial charge is 0.317 e. The number of anilines is 2. The second-order valence-electron chi connectivity index (χ2n) is 7.53. The van der Waals surface area contributed by atoms with Gasteiger partial charge in [0.25, 0.3) is 0 Å². The number of nitrogens with one attached hydrogen (secondary N) is 3. The lowest BCUT2D eigenvalue weighted by molar-refractivity contribution is -0.133. The quantitative estimate of drug-likeness (QED) is 0.527. The van der Waals surface area contributed by atoms with Gasteiger partial charge in [0.05, 0.1) is 23.3 Å². The van der Waals surface area contributed by atoms with Gasteiger partial charge < -0.3 is 15.5 Å². The van der Waals surface area contributed by atoms with Crippen LogP contribution in [-0.4, -0.2) is 61.6 Å². The van der Waals surface area contributed by atoms with Gasteiger partial charge in [0.2, 0.25) is 10.0 Å². The van der Waals surface area contributed by atoms with Crippen molar-refractivity contribution >= 4 is 33.2 Å². The molecular weight excluding hydrogens is 408 g/mol. The van der Waals surface area contributed by atoms with E-state index in [1.165, 1.54) is 18.3 Å². The van der Waals surface area contributed by atoms with Crippen LogP contribution < -0.4 is 15.4 Å². The zero-order valence-electron chi connectivity index (χ0n) is 17.2. The fourth-order valence-electron chi connectivity index (χ4n) is 2.74. The molecule has 10 nitrogen and oxygen atoms in total. The van der Waals surface area contributed by atoms with Crippen molar-refractivity contribution in [2.45, 2.75) is 37.2 Å². The minimum Gasteiger partial charge on any atom is -0.317 e. The van der Waals surface area contributed by atoms with Gasteiger partial charge in [-0.25, -0.2) is 13.1 Å². The van der Waals surface area contributed by atoms with E-state index in [0.717, 1.165) is 19.4 Å². The topological polar surface area (TPSA) is 125 Å². The second-order valence-corrected chi connectivity index (χ2v) is 9.21. The molecule has 3 rings (SSSR count). The number of carbonyl (C=O) groups is 2. The summed E-state index contributed by atoms with van der Waals surface area (Å²) in [4.78, 5) is 26.6. The standard InChI is InChI=1S/C19H26N6O4S/c1-13-16(5-4-6-17(13)30(28,29)23-14-7-8-14)22-19(27)18(26)21-15-11-20-25(12-15)10-9-24(2)3/h4-6,11-12,14,23H,7-10H2,1-3H3,(H,21,26)(H,22,27). The number of likely N-dealkylation sites (N-methyl/N-ethyl adjacent to an activating group) is 1. The number of sulfonamides is 1.